The molecule has 2 amide bonds. The molecule has 0 saturated carbocycles. The van der Waals surface area contributed by atoms with Gasteiger partial charge in [-0.15, -0.1) is 0 Å². The molecule has 0 heterocycles. The van der Waals surface area contributed by atoms with Gasteiger partial charge in [0.2, 0.25) is 21.8 Å². The number of hydrogen-bond acceptors (Lipinski definition) is 4. The van der Waals surface area contributed by atoms with Gasteiger partial charge in [0.1, 0.15) is 12.6 Å². The summed E-state index contributed by atoms with van der Waals surface area (Å²) in [6, 6.07) is 12.2. The maximum Gasteiger partial charge on any atom is 0.244 e. The third kappa shape index (κ3) is 7.56. The zero-order chi connectivity index (χ0) is 25.5. The van der Waals surface area contributed by atoms with E-state index in [-0.39, 0.29) is 12.5 Å². The topological polar surface area (TPSA) is 86.8 Å². The maximum absolute atomic E-state index is 13.6. The number of carbonyl (C=O) groups excluding carboxylic acids is 2. The molecule has 0 spiro atoms. The second kappa shape index (κ2) is 12.4. The minimum absolute atomic E-state index is 0.179. The first-order valence-corrected chi connectivity index (χ1v) is 13.9. The van der Waals surface area contributed by atoms with E-state index < -0.39 is 28.5 Å². The molecule has 2 aromatic carbocycles. The van der Waals surface area contributed by atoms with Crippen LogP contribution in [0.3, 0.4) is 0 Å². The number of anilines is 1. The van der Waals surface area contributed by atoms with Crippen LogP contribution < -0.4 is 9.62 Å². The van der Waals surface area contributed by atoms with E-state index >= 15 is 0 Å². The van der Waals surface area contributed by atoms with Crippen LogP contribution in [0.25, 0.3) is 0 Å². The Morgan fingerprint density at radius 1 is 1.06 bits per heavy atom. The number of hydrogen-bond donors (Lipinski definition) is 1. The van der Waals surface area contributed by atoms with Crippen molar-refractivity contribution in [3.63, 3.8) is 0 Å². The van der Waals surface area contributed by atoms with Gasteiger partial charge < -0.3 is 10.2 Å². The van der Waals surface area contributed by atoms with Crippen LogP contribution in [0, 0.1) is 13.8 Å². The van der Waals surface area contributed by atoms with Crippen molar-refractivity contribution in [2.75, 3.05) is 23.7 Å². The molecule has 2 rings (SSSR count). The molecule has 0 fully saturated rings. The van der Waals surface area contributed by atoms with E-state index in [2.05, 4.69) is 21.2 Å². The number of benzene rings is 2. The first kappa shape index (κ1) is 27.9. The molecule has 0 saturated heterocycles. The van der Waals surface area contributed by atoms with Crippen molar-refractivity contribution < 1.29 is 18.0 Å². The van der Waals surface area contributed by atoms with Gasteiger partial charge in [0.25, 0.3) is 0 Å². The molecule has 1 atom stereocenters. The third-order valence-corrected chi connectivity index (χ3v) is 7.27. The molecule has 0 bridgehead atoms. The summed E-state index contributed by atoms with van der Waals surface area (Å²) in [5.74, 6) is -0.717. The summed E-state index contributed by atoms with van der Waals surface area (Å²) in [4.78, 5) is 27.8. The van der Waals surface area contributed by atoms with Gasteiger partial charge in [-0.2, -0.15) is 0 Å². The summed E-state index contributed by atoms with van der Waals surface area (Å²) in [5.41, 5.74) is 2.83. The average Bonchev–Trinajstić information content (AvgIpc) is 2.76. The van der Waals surface area contributed by atoms with Crippen LogP contribution in [-0.2, 0) is 26.2 Å². The number of carbonyl (C=O) groups is 2. The smallest absolute Gasteiger partial charge is 0.244 e. The first-order chi connectivity index (χ1) is 16.0. The highest BCUT2D eigenvalue weighted by Crippen LogP contribution is 2.27. The fourth-order valence-electron chi connectivity index (χ4n) is 3.68. The van der Waals surface area contributed by atoms with Crippen molar-refractivity contribution in [1.82, 2.24) is 10.2 Å². The molecule has 0 aliphatic carbocycles. The lowest BCUT2D eigenvalue weighted by atomic mass is 10.1. The summed E-state index contributed by atoms with van der Waals surface area (Å²) in [5, 5.41) is 2.87. The predicted octanol–water partition coefficient (Wildman–Crippen LogP) is 4.17. The van der Waals surface area contributed by atoms with Crippen LogP contribution in [0.15, 0.2) is 46.9 Å². The number of nitrogens with one attached hydrogen (secondary N) is 1. The van der Waals surface area contributed by atoms with E-state index in [0.717, 1.165) is 44.6 Å². The Balaban J connectivity index is 2.39. The zero-order valence-corrected chi connectivity index (χ0v) is 22.9. The van der Waals surface area contributed by atoms with Crippen molar-refractivity contribution in [2.45, 2.75) is 53.1 Å². The molecule has 186 valence electrons. The predicted molar refractivity (Wildman–Crippen MR) is 140 cm³/mol. The fraction of sp³-hybridized carbons (Fsp3) is 0.440. The molecule has 9 heteroatoms. The van der Waals surface area contributed by atoms with Crippen LogP contribution in [0.5, 0.6) is 0 Å². The molecule has 0 radical (unpaired) electrons. The van der Waals surface area contributed by atoms with E-state index in [9.17, 15) is 18.0 Å². The number of unbranched alkanes of at least 4 members (excludes halogenated alkanes) is 1. The van der Waals surface area contributed by atoms with Crippen LogP contribution in [0.2, 0.25) is 0 Å². The zero-order valence-electron chi connectivity index (χ0n) is 20.5. The molecule has 0 aromatic heterocycles. The number of amides is 2. The Morgan fingerprint density at radius 2 is 1.65 bits per heavy atom. The SMILES string of the molecule is CCCCNC(=O)[C@@H](C)N(Cc1ccc(Br)cc1)C(=O)CN(c1c(C)cccc1C)S(C)(=O)=O. The average molecular weight is 553 g/mol. The summed E-state index contributed by atoms with van der Waals surface area (Å²) < 4.78 is 27.5. The Hall–Kier alpha value is -2.39. The summed E-state index contributed by atoms with van der Waals surface area (Å²) in [6.45, 7) is 7.64. The van der Waals surface area contributed by atoms with E-state index in [1.165, 1.54) is 4.90 Å². The molecular formula is C25H34BrN3O4S. The van der Waals surface area contributed by atoms with Crippen LogP contribution in [0.4, 0.5) is 5.69 Å². The number of halogens is 1. The molecule has 0 unspecified atom stereocenters. The van der Waals surface area contributed by atoms with E-state index in [4.69, 9.17) is 0 Å². The minimum atomic E-state index is -3.75. The van der Waals surface area contributed by atoms with Crippen molar-refractivity contribution in [1.29, 1.82) is 0 Å². The second-order valence-electron chi connectivity index (χ2n) is 8.48. The number of aryl methyl sites for hydroxylation is 2. The lowest BCUT2D eigenvalue weighted by Gasteiger charge is -2.32. The quantitative estimate of drug-likeness (QED) is 0.424. The van der Waals surface area contributed by atoms with Gasteiger partial charge in [-0.1, -0.05) is 59.6 Å². The fourth-order valence-corrected chi connectivity index (χ4v) is 4.91. The number of sulfonamides is 1. The lowest BCUT2D eigenvalue weighted by Crippen LogP contribution is -2.51. The summed E-state index contributed by atoms with van der Waals surface area (Å²) in [6.07, 6.45) is 2.87. The van der Waals surface area contributed by atoms with Crippen molar-refractivity contribution in [2.24, 2.45) is 0 Å². The molecule has 34 heavy (non-hydrogen) atoms. The number of para-hydroxylation sites is 1. The molecule has 2 aromatic rings. The Labute approximate surface area is 211 Å². The van der Waals surface area contributed by atoms with Gasteiger partial charge in [-0.25, -0.2) is 8.42 Å². The largest absolute Gasteiger partial charge is 0.354 e. The first-order valence-electron chi connectivity index (χ1n) is 11.3. The highest BCUT2D eigenvalue weighted by atomic mass is 79.9. The lowest BCUT2D eigenvalue weighted by molar-refractivity contribution is -0.139. The van der Waals surface area contributed by atoms with E-state index in [0.29, 0.717) is 12.2 Å². The van der Waals surface area contributed by atoms with Gasteiger partial charge >= 0.3 is 0 Å². The van der Waals surface area contributed by atoms with Crippen LogP contribution in [0.1, 0.15) is 43.4 Å². The highest BCUT2D eigenvalue weighted by Gasteiger charge is 2.31. The van der Waals surface area contributed by atoms with Crippen molar-refractivity contribution in [3.05, 3.63) is 63.6 Å². The second-order valence-corrected chi connectivity index (χ2v) is 11.3. The molecule has 0 aliphatic heterocycles. The van der Waals surface area contributed by atoms with Crippen LogP contribution in [-0.4, -0.2) is 50.5 Å². The summed E-state index contributed by atoms with van der Waals surface area (Å²) >= 11 is 3.40. The number of nitrogens with zero attached hydrogens (tertiary/aromatic N) is 2. The van der Waals surface area contributed by atoms with Crippen molar-refractivity contribution in [3.8, 4) is 0 Å². The van der Waals surface area contributed by atoms with E-state index in [1.54, 1.807) is 6.92 Å². The molecule has 7 nitrogen and oxygen atoms in total. The highest BCUT2D eigenvalue weighted by molar-refractivity contribution is 9.10. The normalized spacial score (nSPS) is 12.2. The van der Waals surface area contributed by atoms with E-state index in [1.807, 2.05) is 63.2 Å². The maximum atomic E-state index is 13.6. The van der Waals surface area contributed by atoms with Gasteiger partial charge in [0, 0.05) is 17.6 Å². The number of rotatable bonds is 11. The van der Waals surface area contributed by atoms with Gasteiger partial charge in [-0.3, -0.25) is 13.9 Å². The van der Waals surface area contributed by atoms with Crippen LogP contribution >= 0.6 is 15.9 Å². The van der Waals surface area contributed by atoms with Gasteiger partial charge in [0.05, 0.1) is 11.9 Å². The Bertz CT molecular complexity index is 1080. The van der Waals surface area contributed by atoms with Gasteiger partial charge in [-0.05, 0) is 56.0 Å². The van der Waals surface area contributed by atoms with Gasteiger partial charge in [0.15, 0.2) is 0 Å². The standard InChI is InChI=1S/C25H34BrN3O4S/c1-6-7-15-27-25(31)20(4)28(16-21-11-13-22(26)14-12-21)23(30)17-29(34(5,32)33)24-18(2)9-8-10-19(24)3/h8-14,20H,6-7,15-17H2,1-5H3,(H,27,31)/t20-/m1/s1. The minimum Gasteiger partial charge on any atom is -0.354 e. The molecular weight excluding hydrogens is 518 g/mol. The molecule has 1 N–H and O–H groups in total. The third-order valence-electron chi connectivity index (χ3n) is 5.63. The monoisotopic (exact) mass is 551 g/mol. The Morgan fingerprint density at radius 3 is 2.18 bits per heavy atom. The Kier molecular flexibility index (Phi) is 10.1. The summed E-state index contributed by atoms with van der Waals surface area (Å²) in [7, 11) is -3.75. The molecule has 0 aliphatic rings. The van der Waals surface area contributed by atoms with Crippen molar-refractivity contribution >= 4 is 43.5 Å².